The minimum absolute atomic E-state index is 0.0332. The molecule has 3 atom stereocenters. The molecule has 0 saturated carbocycles. The standard InChI is InChI=1S/C14H26N2O4/c1-9(2)6-12(13(17)18)7-15-14(19)16-10(3)11-4-5-20-8-11/h9-12H,4-8H2,1-3H3,(H,17,18)(H2,15,16,19). The summed E-state index contributed by atoms with van der Waals surface area (Å²) >= 11 is 0. The van der Waals surface area contributed by atoms with Crippen LogP contribution in [0, 0.1) is 17.8 Å². The maximum atomic E-state index is 11.8. The quantitative estimate of drug-likeness (QED) is 0.661. The van der Waals surface area contributed by atoms with E-state index < -0.39 is 11.9 Å². The molecule has 3 unspecified atom stereocenters. The van der Waals surface area contributed by atoms with Crippen LogP contribution in [-0.4, -0.2) is 42.9 Å². The van der Waals surface area contributed by atoms with Crippen LogP contribution in [0.2, 0.25) is 0 Å². The van der Waals surface area contributed by atoms with Crippen LogP contribution in [0.1, 0.15) is 33.6 Å². The SMILES string of the molecule is CC(C)CC(CNC(=O)NC(C)C1CCOC1)C(=O)O. The summed E-state index contributed by atoms with van der Waals surface area (Å²) in [4.78, 5) is 22.9. The molecule has 20 heavy (non-hydrogen) atoms. The number of carboxylic acid groups (broad SMARTS) is 1. The van der Waals surface area contributed by atoms with Gasteiger partial charge in [-0.2, -0.15) is 0 Å². The van der Waals surface area contributed by atoms with Gasteiger partial charge in [0.05, 0.1) is 12.5 Å². The molecule has 0 spiro atoms. The minimum Gasteiger partial charge on any atom is -0.481 e. The van der Waals surface area contributed by atoms with Crippen LogP contribution in [0.5, 0.6) is 0 Å². The minimum atomic E-state index is -0.865. The number of carboxylic acids is 1. The van der Waals surface area contributed by atoms with E-state index in [1.54, 1.807) is 0 Å². The zero-order valence-corrected chi connectivity index (χ0v) is 12.5. The molecule has 1 fully saturated rings. The first-order valence-corrected chi connectivity index (χ1v) is 7.25. The number of hydrogen-bond donors (Lipinski definition) is 3. The summed E-state index contributed by atoms with van der Waals surface area (Å²) in [5.41, 5.74) is 0. The van der Waals surface area contributed by atoms with E-state index in [-0.39, 0.29) is 24.5 Å². The van der Waals surface area contributed by atoms with Gasteiger partial charge in [0.2, 0.25) is 0 Å². The van der Waals surface area contributed by atoms with Gasteiger partial charge >= 0.3 is 12.0 Å². The molecule has 1 rings (SSSR count). The van der Waals surface area contributed by atoms with Crippen molar-refractivity contribution < 1.29 is 19.4 Å². The third kappa shape index (κ3) is 5.77. The summed E-state index contributed by atoms with van der Waals surface area (Å²) in [6.45, 7) is 7.46. The number of amides is 2. The summed E-state index contributed by atoms with van der Waals surface area (Å²) in [5, 5.41) is 14.6. The lowest BCUT2D eigenvalue weighted by molar-refractivity contribution is -0.142. The van der Waals surface area contributed by atoms with Crippen LogP contribution in [0.15, 0.2) is 0 Å². The fourth-order valence-corrected chi connectivity index (χ4v) is 2.38. The lowest BCUT2D eigenvalue weighted by atomic mass is 9.97. The Morgan fingerprint density at radius 1 is 1.35 bits per heavy atom. The lowest BCUT2D eigenvalue weighted by Crippen LogP contribution is -2.46. The molecule has 1 aliphatic heterocycles. The van der Waals surface area contributed by atoms with Crippen molar-refractivity contribution in [2.45, 2.75) is 39.7 Å². The van der Waals surface area contributed by atoms with Gasteiger partial charge in [-0.3, -0.25) is 4.79 Å². The Kier molecular flexibility index (Phi) is 6.78. The van der Waals surface area contributed by atoms with Crippen LogP contribution in [0.25, 0.3) is 0 Å². The molecule has 116 valence electrons. The number of rotatable bonds is 7. The van der Waals surface area contributed by atoms with Gasteiger partial charge in [-0.1, -0.05) is 13.8 Å². The Bertz CT molecular complexity index is 327. The first kappa shape index (κ1) is 16.8. The number of ether oxygens (including phenoxy) is 1. The molecule has 0 aromatic rings. The maximum Gasteiger partial charge on any atom is 0.315 e. The molecular formula is C14H26N2O4. The Labute approximate surface area is 120 Å². The second kappa shape index (κ2) is 8.09. The van der Waals surface area contributed by atoms with Crippen LogP contribution >= 0.6 is 0 Å². The van der Waals surface area contributed by atoms with Gasteiger partial charge in [-0.25, -0.2) is 4.79 Å². The molecule has 1 aliphatic rings. The molecule has 0 radical (unpaired) electrons. The highest BCUT2D eigenvalue weighted by atomic mass is 16.5. The van der Waals surface area contributed by atoms with E-state index >= 15 is 0 Å². The molecule has 0 bridgehead atoms. The highest BCUT2D eigenvalue weighted by Gasteiger charge is 2.24. The first-order valence-electron chi connectivity index (χ1n) is 7.25. The van der Waals surface area contributed by atoms with E-state index in [0.717, 1.165) is 13.0 Å². The zero-order valence-electron chi connectivity index (χ0n) is 12.5. The van der Waals surface area contributed by atoms with E-state index in [1.165, 1.54) is 0 Å². The van der Waals surface area contributed by atoms with Crippen LogP contribution in [0.3, 0.4) is 0 Å². The van der Waals surface area contributed by atoms with Gasteiger partial charge in [0.15, 0.2) is 0 Å². The van der Waals surface area contributed by atoms with Crippen molar-refractivity contribution in [1.29, 1.82) is 0 Å². The molecule has 0 aromatic heterocycles. The average molecular weight is 286 g/mol. The largest absolute Gasteiger partial charge is 0.481 e. The number of carbonyl (C=O) groups excluding carboxylic acids is 1. The maximum absolute atomic E-state index is 11.8. The number of aliphatic carboxylic acids is 1. The Balaban J connectivity index is 2.31. The van der Waals surface area contributed by atoms with Crippen LogP contribution in [-0.2, 0) is 9.53 Å². The fraction of sp³-hybridized carbons (Fsp3) is 0.857. The summed E-state index contributed by atoms with van der Waals surface area (Å²) < 4.78 is 5.28. The smallest absolute Gasteiger partial charge is 0.315 e. The first-order chi connectivity index (χ1) is 9.40. The number of hydrogen-bond acceptors (Lipinski definition) is 3. The van der Waals surface area contributed by atoms with Crippen molar-refractivity contribution in [3.8, 4) is 0 Å². The zero-order chi connectivity index (χ0) is 15.1. The topological polar surface area (TPSA) is 87.7 Å². The molecule has 1 saturated heterocycles. The predicted octanol–water partition coefficient (Wildman–Crippen LogP) is 1.46. The molecule has 0 aromatic carbocycles. The van der Waals surface area contributed by atoms with Gasteiger partial charge in [0, 0.05) is 25.1 Å². The van der Waals surface area contributed by atoms with Gasteiger partial charge in [-0.15, -0.1) is 0 Å². The summed E-state index contributed by atoms with van der Waals surface area (Å²) in [5.74, 6) is -0.774. The van der Waals surface area contributed by atoms with E-state index in [9.17, 15) is 9.59 Å². The average Bonchev–Trinajstić information content (AvgIpc) is 2.87. The Morgan fingerprint density at radius 2 is 2.05 bits per heavy atom. The Hall–Kier alpha value is -1.30. The summed E-state index contributed by atoms with van der Waals surface area (Å²) in [7, 11) is 0. The predicted molar refractivity (Wildman–Crippen MR) is 75.5 cm³/mol. The number of nitrogens with one attached hydrogen (secondary N) is 2. The van der Waals surface area contributed by atoms with Crippen molar-refractivity contribution in [3.63, 3.8) is 0 Å². The van der Waals surface area contributed by atoms with Crippen LogP contribution in [0.4, 0.5) is 4.79 Å². The number of urea groups is 1. The molecule has 6 heteroatoms. The molecule has 0 aliphatic carbocycles. The fourth-order valence-electron chi connectivity index (χ4n) is 2.38. The van der Waals surface area contributed by atoms with Gasteiger partial charge in [0.25, 0.3) is 0 Å². The third-order valence-electron chi connectivity index (χ3n) is 3.64. The highest BCUT2D eigenvalue weighted by Crippen LogP contribution is 2.16. The number of carbonyl (C=O) groups is 2. The second-order valence-electron chi connectivity index (χ2n) is 5.93. The van der Waals surface area contributed by atoms with Crippen molar-refractivity contribution in [3.05, 3.63) is 0 Å². The highest BCUT2D eigenvalue weighted by molar-refractivity contribution is 5.76. The summed E-state index contributed by atoms with van der Waals surface area (Å²) in [6.07, 6.45) is 1.51. The van der Waals surface area contributed by atoms with Crippen molar-refractivity contribution >= 4 is 12.0 Å². The van der Waals surface area contributed by atoms with Gasteiger partial charge < -0.3 is 20.5 Å². The molecule has 2 amide bonds. The van der Waals surface area contributed by atoms with E-state index in [0.29, 0.717) is 18.9 Å². The molecular weight excluding hydrogens is 260 g/mol. The summed E-state index contributed by atoms with van der Waals surface area (Å²) in [6, 6.07) is -0.273. The molecule has 3 N–H and O–H groups in total. The Morgan fingerprint density at radius 3 is 2.55 bits per heavy atom. The third-order valence-corrected chi connectivity index (χ3v) is 3.64. The van der Waals surface area contributed by atoms with Crippen LogP contribution < -0.4 is 10.6 Å². The second-order valence-corrected chi connectivity index (χ2v) is 5.93. The monoisotopic (exact) mass is 286 g/mol. The van der Waals surface area contributed by atoms with E-state index in [4.69, 9.17) is 9.84 Å². The van der Waals surface area contributed by atoms with Crippen molar-refractivity contribution in [2.75, 3.05) is 19.8 Å². The van der Waals surface area contributed by atoms with Gasteiger partial charge in [-0.05, 0) is 25.7 Å². The van der Waals surface area contributed by atoms with E-state index in [2.05, 4.69) is 10.6 Å². The lowest BCUT2D eigenvalue weighted by Gasteiger charge is -2.21. The van der Waals surface area contributed by atoms with Gasteiger partial charge in [0.1, 0.15) is 0 Å². The normalized spacial score (nSPS) is 21.5. The molecule has 6 nitrogen and oxygen atoms in total. The molecule has 1 heterocycles. The van der Waals surface area contributed by atoms with Crippen molar-refractivity contribution in [2.24, 2.45) is 17.8 Å². The van der Waals surface area contributed by atoms with E-state index in [1.807, 2.05) is 20.8 Å². The van der Waals surface area contributed by atoms with Crippen molar-refractivity contribution in [1.82, 2.24) is 10.6 Å².